The second-order valence-electron chi connectivity index (χ2n) is 11.0. The van der Waals surface area contributed by atoms with Crippen LogP contribution in [0, 0.1) is 0 Å². The van der Waals surface area contributed by atoms with Crippen molar-refractivity contribution in [2.24, 2.45) is 0 Å². The summed E-state index contributed by atoms with van der Waals surface area (Å²) in [6.07, 6.45) is -0.129. The van der Waals surface area contributed by atoms with Crippen LogP contribution in [-0.4, -0.2) is 60.8 Å². The predicted molar refractivity (Wildman–Crippen MR) is 167 cm³/mol. The van der Waals surface area contributed by atoms with Crippen LogP contribution in [0.1, 0.15) is 49.9 Å². The molecule has 2 rings (SSSR count). The molecular formula is C35H44O8. The van der Waals surface area contributed by atoms with E-state index in [1.54, 1.807) is 13.8 Å². The molecule has 0 saturated heterocycles. The number of allylic oxidation sites excluding steroid dienone is 2. The van der Waals surface area contributed by atoms with Gasteiger partial charge in [0.25, 0.3) is 0 Å². The fraction of sp³-hybridized carbons (Fsp3) is 0.371. The largest absolute Gasteiger partial charge is 0.490 e. The molecule has 2 N–H and O–H groups in total. The fourth-order valence-corrected chi connectivity index (χ4v) is 3.99. The van der Waals surface area contributed by atoms with Crippen molar-refractivity contribution in [1.82, 2.24) is 0 Å². The third-order valence-electron chi connectivity index (χ3n) is 6.02. The summed E-state index contributed by atoms with van der Waals surface area (Å²) in [7, 11) is 0. The van der Waals surface area contributed by atoms with E-state index in [9.17, 15) is 19.8 Å². The zero-order chi connectivity index (χ0) is 32.1. The molecule has 0 fully saturated rings. The molecule has 0 radical (unpaired) electrons. The number of rotatable bonds is 18. The first-order chi connectivity index (χ1) is 20.2. The van der Waals surface area contributed by atoms with Gasteiger partial charge >= 0.3 is 11.9 Å². The SMILES string of the molecule is C=C(C)Cc1cc(Cc2ccc(OCC(O)COC(=O)C(=C)C)c(CC(=C)C)c2)ccc1OCC(O)COC(=O)C(=C)C. The molecule has 0 bridgehead atoms. The summed E-state index contributed by atoms with van der Waals surface area (Å²) < 4.78 is 21.8. The Morgan fingerprint density at radius 3 is 1.35 bits per heavy atom. The second-order valence-corrected chi connectivity index (χ2v) is 11.0. The van der Waals surface area contributed by atoms with Crippen molar-refractivity contribution < 1.29 is 38.7 Å². The molecule has 0 heterocycles. The van der Waals surface area contributed by atoms with E-state index < -0.39 is 24.1 Å². The number of benzene rings is 2. The van der Waals surface area contributed by atoms with Gasteiger partial charge in [-0.15, -0.1) is 0 Å². The molecule has 0 aromatic heterocycles. The standard InChI is InChI=1S/C35H44O8/c1-22(2)13-28-16-26(9-11-32(28)40-18-30(36)20-42-34(38)24(5)6)15-27-10-12-33(29(17-27)14-23(3)4)41-19-31(37)21-43-35(39)25(7)8/h9-12,16-17,30-31,36-37H,1,3,5,7,13-15,18-21H2,2,4,6,8H3. The van der Waals surface area contributed by atoms with Gasteiger partial charge in [-0.2, -0.15) is 0 Å². The maximum atomic E-state index is 11.6. The van der Waals surface area contributed by atoms with Gasteiger partial charge < -0.3 is 29.2 Å². The highest BCUT2D eigenvalue weighted by Gasteiger charge is 2.15. The molecule has 0 aliphatic heterocycles. The summed E-state index contributed by atoms with van der Waals surface area (Å²) in [6, 6.07) is 11.8. The number of carbonyl (C=O) groups excluding carboxylic acids is 2. The molecule has 43 heavy (non-hydrogen) atoms. The summed E-state index contributed by atoms with van der Waals surface area (Å²) in [4.78, 5) is 23.2. The lowest BCUT2D eigenvalue weighted by Crippen LogP contribution is -2.25. The van der Waals surface area contributed by atoms with Gasteiger partial charge in [0, 0.05) is 11.1 Å². The van der Waals surface area contributed by atoms with E-state index in [0.29, 0.717) is 30.8 Å². The predicted octanol–water partition coefficient (Wildman–Crippen LogP) is 5.23. The maximum absolute atomic E-state index is 11.6. The topological polar surface area (TPSA) is 112 Å². The highest BCUT2D eigenvalue weighted by molar-refractivity contribution is 5.87. The summed E-state index contributed by atoms with van der Waals surface area (Å²) in [5.74, 6) is 0.126. The molecule has 0 spiro atoms. The van der Waals surface area contributed by atoms with Crippen LogP contribution in [0.3, 0.4) is 0 Å². The Morgan fingerprint density at radius 2 is 1.02 bits per heavy atom. The van der Waals surface area contributed by atoms with Crippen LogP contribution >= 0.6 is 0 Å². The Balaban J connectivity index is 2.13. The Bertz CT molecular complexity index is 1240. The van der Waals surface area contributed by atoms with Crippen LogP contribution in [0.15, 0.2) is 85.0 Å². The number of hydrogen-bond donors (Lipinski definition) is 2. The first-order valence-electron chi connectivity index (χ1n) is 14.0. The van der Waals surface area contributed by atoms with Gasteiger partial charge in [0.05, 0.1) is 0 Å². The summed E-state index contributed by atoms with van der Waals surface area (Å²) in [5, 5.41) is 20.4. The Kier molecular flexibility index (Phi) is 13.9. The summed E-state index contributed by atoms with van der Waals surface area (Å²) in [6.45, 7) is 21.6. The number of aliphatic hydroxyl groups is 2. The lowest BCUT2D eigenvalue weighted by atomic mass is 9.96. The highest BCUT2D eigenvalue weighted by atomic mass is 16.6. The Hall–Kier alpha value is -4.14. The number of hydrogen-bond acceptors (Lipinski definition) is 8. The van der Waals surface area contributed by atoms with Crippen molar-refractivity contribution in [3.63, 3.8) is 0 Å². The van der Waals surface area contributed by atoms with Crippen LogP contribution in [0.25, 0.3) is 0 Å². The van der Waals surface area contributed by atoms with E-state index in [0.717, 1.165) is 33.4 Å². The number of carbonyl (C=O) groups is 2. The van der Waals surface area contributed by atoms with E-state index in [4.69, 9.17) is 18.9 Å². The minimum Gasteiger partial charge on any atom is -0.490 e. The van der Waals surface area contributed by atoms with E-state index in [2.05, 4.69) is 38.4 Å². The van der Waals surface area contributed by atoms with Crippen LogP contribution in [0.4, 0.5) is 0 Å². The van der Waals surface area contributed by atoms with Crippen LogP contribution in [0.2, 0.25) is 0 Å². The smallest absolute Gasteiger partial charge is 0.333 e. The van der Waals surface area contributed by atoms with E-state index >= 15 is 0 Å². The van der Waals surface area contributed by atoms with Gasteiger partial charge in [0.1, 0.15) is 50.1 Å². The highest BCUT2D eigenvalue weighted by Crippen LogP contribution is 2.27. The van der Waals surface area contributed by atoms with Gasteiger partial charge in [0.2, 0.25) is 0 Å². The molecule has 8 nitrogen and oxygen atoms in total. The quantitative estimate of drug-likeness (QED) is 0.138. The molecule has 232 valence electrons. The van der Waals surface area contributed by atoms with Crippen molar-refractivity contribution >= 4 is 11.9 Å². The van der Waals surface area contributed by atoms with Crippen molar-refractivity contribution in [1.29, 1.82) is 0 Å². The van der Waals surface area contributed by atoms with E-state index in [-0.39, 0.29) is 37.6 Å². The van der Waals surface area contributed by atoms with Gasteiger partial charge in [-0.25, -0.2) is 9.59 Å². The third kappa shape index (κ3) is 12.7. The number of ether oxygens (including phenoxy) is 4. The van der Waals surface area contributed by atoms with Crippen LogP contribution in [-0.2, 0) is 38.3 Å². The van der Waals surface area contributed by atoms with E-state index in [1.165, 1.54) is 0 Å². The Labute approximate surface area is 254 Å². The molecule has 2 aromatic rings. The minimum atomic E-state index is -0.986. The summed E-state index contributed by atoms with van der Waals surface area (Å²) >= 11 is 0. The molecule has 8 heteroatoms. The average Bonchev–Trinajstić information content (AvgIpc) is 2.92. The van der Waals surface area contributed by atoms with Crippen molar-refractivity contribution in [3.8, 4) is 11.5 Å². The van der Waals surface area contributed by atoms with Crippen molar-refractivity contribution in [2.75, 3.05) is 26.4 Å². The van der Waals surface area contributed by atoms with Crippen LogP contribution in [0.5, 0.6) is 11.5 Å². The van der Waals surface area contributed by atoms with Gasteiger partial charge in [-0.3, -0.25) is 0 Å². The molecule has 0 aliphatic carbocycles. The molecule has 2 atom stereocenters. The monoisotopic (exact) mass is 592 g/mol. The molecule has 2 aromatic carbocycles. The zero-order valence-electron chi connectivity index (χ0n) is 25.7. The Morgan fingerprint density at radius 1 is 0.651 bits per heavy atom. The average molecular weight is 593 g/mol. The van der Waals surface area contributed by atoms with Gasteiger partial charge in [0.15, 0.2) is 0 Å². The molecule has 0 amide bonds. The van der Waals surface area contributed by atoms with Crippen LogP contribution < -0.4 is 9.47 Å². The first-order valence-corrected chi connectivity index (χ1v) is 14.0. The van der Waals surface area contributed by atoms with E-state index in [1.807, 2.05) is 38.1 Å². The molecular weight excluding hydrogens is 548 g/mol. The second kappa shape index (κ2) is 17.1. The lowest BCUT2D eigenvalue weighted by Gasteiger charge is -2.18. The van der Waals surface area contributed by atoms with Gasteiger partial charge in [-0.1, -0.05) is 61.7 Å². The first kappa shape index (κ1) is 35.1. The number of esters is 2. The molecule has 0 aliphatic rings. The molecule has 2 unspecified atom stereocenters. The third-order valence-corrected chi connectivity index (χ3v) is 6.02. The normalized spacial score (nSPS) is 12.0. The molecule has 0 saturated carbocycles. The zero-order valence-corrected chi connectivity index (χ0v) is 25.7. The van der Waals surface area contributed by atoms with Gasteiger partial charge in [-0.05, 0) is 81.3 Å². The van der Waals surface area contributed by atoms with Crippen molar-refractivity contribution in [2.45, 2.75) is 59.2 Å². The van der Waals surface area contributed by atoms with Crippen molar-refractivity contribution in [3.05, 3.63) is 107 Å². The maximum Gasteiger partial charge on any atom is 0.333 e. The minimum absolute atomic E-state index is 0.0389. The lowest BCUT2D eigenvalue weighted by molar-refractivity contribution is -0.143. The number of aliphatic hydroxyl groups excluding tert-OH is 2. The fourth-order valence-electron chi connectivity index (χ4n) is 3.99. The summed E-state index contributed by atoms with van der Waals surface area (Å²) in [5.41, 5.74) is 6.42.